The minimum atomic E-state index is -0.172. The van der Waals surface area contributed by atoms with Crippen LogP contribution in [0, 0.1) is 12.7 Å². The maximum absolute atomic E-state index is 13.4. The smallest absolute Gasteiger partial charge is 0.123 e. The van der Waals surface area contributed by atoms with Gasteiger partial charge < -0.3 is 5.32 Å². The molecule has 0 radical (unpaired) electrons. The van der Waals surface area contributed by atoms with Crippen LogP contribution >= 0.6 is 15.9 Å². The van der Waals surface area contributed by atoms with Crippen LogP contribution in [0.25, 0.3) is 0 Å². The zero-order valence-electron chi connectivity index (χ0n) is 12.5. The van der Waals surface area contributed by atoms with Gasteiger partial charge in [-0.15, -0.1) is 0 Å². The van der Waals surface area contributed by atoms with E-state index in [0.29, 0.717) is 0 Å². The molecule has 21 heavy (non-hydrogen) atoms. The third-order valence-corrected chi connectivity index (χ3v) is 4.44. The van der Waals surface area contributed by atoms with Crippen LogP contribution in [0.1, 0.15) is 36.1 Å². The zero-order valence-corrected chi connectivity index (χ0v) is 14.1. The molecule has 0 aliphatic rings. The van der Waals surface area contributed by atoms with Crippen LogP contribution in [-0.4, -0.2) is 6.54 Å². The van der Waals surface area contributed by atoms with Crippen molar-refractivity contribution in [3.05, 3.63) is 69.4 Å². The highest BCUT2D eigenvalue weighted by molar-refractivity contribution is 9.10. The van der Waals surface area contributed by atoms with E-state index >= 15 is 0 Å². The summed E-state index contributed by atoms with van der Waals surface area (Å²) in [5.74, 6) is -0.172. The molecule has 1 N–H and O–H groups in total. The number of aryl methyl sites for hydroxylation is 1. The number of nitrogens with one attached hydrogen (secondary N) is 1. The summed E-state index contributed by atoms with van der Waals surface area (Å²) in [4.78, 5) is 0. The quantitative estimate of drug-likeness (QED) is 0.757. The van der Waals surface area contributed by atoms with Gasteiger partial charge in [-0.1, -0.05) is 47.1 Å². The van der Waals surface area contributed by atoms with E-state index in [4.69, 9.17) is 0 Å². The first-order valence-corrected chi connectivity index (χ1v) is 8.13. The van der Waals surface area contributed by atoms with E-state index in [-0.39, 0.29) is 11.9 Å². The molecule has 0 aliphatic heterocycles. The summed E-state index contributed by atoms with van der Waals surface area (Å²) in [6.45, 7) is 5.20. The van der Waals surface area contributed by atoms with Crippen LogP contribution < -0.4 is 5.32 Å². The predicted octanol–water partition coefficient (Wildman–Crippen LogP) is 5.18. The predicted molar refractivity (Wildman–Crippen MR) is 90.0 cm³/mol. The summed E-state index contributed by atoms with van der Waals surface area (Å²) in [5.41, 5.74) is 3.48. The number of rotatable bonds is 6. The molecule has 0 bridgehead atoms. The molecular weight excluding hydrogens is 329 g/mol. The average molecular weight is 350 g/mol. The first kappa shape index (κ1) is 16.2. The SMILES string of the molecule is CCCNC(Cc1cccc(F)c1)c1ccc(Br)c(C)c1. The van der Waals surface area contributed by atoms with Crippen LogP contribution in [0.4, 0.5) is 4.39 Å². The Bertz CT molecular complexity index is 598. The fourth-order valence-electron chi connectivity index (χ4n) is 2.41. The van der Waals surface area contributed by atoms with Crippen molar-refractivity contribution in [3.8, 4) is 0 Å². The van der Waals surface area contributed by atoms with Crippen LogP contribution in [0.3, 0.4) is 0 Å². The number of benzene rings is 2. The molecule has 1 nitrogen and oxygen atoms in total. The molecule has 2 aromatic carbocycles. The van der Waals surface area contributed by atoms with Crippen molar-refractivity contribution in [1.82, 2.24) is 5.32 Å². The maximum Gasteiger partial charge on any atom is 0.123 e. The minimum Gasteiger partial charge on any atom is -0.310 e. The molecule has 1 atom stereocenters. The molecule has 0 spiro atoms. The summed E-state index contributed by atoms with van der Waals surface area (Å²) in [7, 11) is 0. The molecule has 0 heterocycles. The number of hydrogen-bond acceptors (Lipinski definition) is 1. The van der Waals surface area contributed by atoms with Gasteiger partial charge in [0.2, 0.25) is 0 Å². The molecule has 0 fully saturated rings. The Hall–Kier alpha value is -1.19. The van der Waals surface area contributed by atoms with Crippen molar-refractivity contribution in [3.63, 3.8) is 0 Å². The van der Waals surface area contributed by atoms with Crippen molar-refractivity contribution in [2.45, 2.75) is 32.7 Å². The highest BCUT2D eigenvalue weighted by Crippen LogP contribution is 2.24. The monoisotopic (exact) mass is 349 g/mol. The lowest BCUT2D eigenvalue weighted by Crippen LogP contribution is -2.24. The molecular formula is C18H21BrFN. The Morgan fingerprint density at radius 2 is 2.00 bits per heavy atom. The summed E-state index contributed by atoms with van der Waals surface area (Å²) < 4.78 is 14.5. The van der Waals surface area contributed by atoms with Gasteiger partial charge in [0.05, 0.1) is 0 Å². The van der Waals surface area contributed by atoms with Gasteiger partial charge >= 0.3 is 0 Å². The third-order valence-electron chi connectivity index (χ3n) is 3.55. The van der Waals surface area contributed by atoms with Gasteiger partial charge in [0, 0.05) is 10.5 Å². The molecule has 3 heteroatoms. The van der Waals surface area contributed by atoms with E-state index in [1.807, 2.05) is 6.07 Å². The van der Waals surface area contributed by atoms with Crippen LogP contribution in [0.5, 0.6) is 0 Å². The van der Waals surface area contributed by atoms with Crippen molar-refractivity contribution in [2.75, 3.05) is 6.54 Å². The topological polar surface area (TPSA) is 12.0 Å². The van der Waals surface area contributed by atoms with Crippen molar-refractivity contribution >= 4 is 15.9 Å². The lowest BCUT2D eigenvalue weighted by molar-refractivity contribution is 0.527. The molecule has 2 rings (SSSR count). The zero-order chi connectivity index (χ0) is 15.2. The van der Waals surface area contributed by atoms with Gasteiger partial charge in [0.1, 0.15) is 5.82 Å². The van der Waals surface area contributed by atoms with E-state index in [0.717, 1.165) is 29.4 Å². The first-order valence-electron chi connectivity index (χ1n) is 7.34. The van der Waals surface area contributed by atoms with Gasteiger partial charge in [-0.2, -0.15) is 0 Å². The van der Waals surface area contributed by atoms with E-state index in [1.54, 1.807) is 12.1 Å². The highest BCUT2D eigenvalue weighted by Gasteiger charge is 2.13. The van der Waals surface area contributed by atoms with E-state index in [2.05, 4.69) is 53.3 Å². The largest absolute Gasteiger partial charge is 0.310 e. The highest BCUT2D eigenvalue weighted by atomic mass is 79.9. The van der Waals surface area contributed by atoms with Crippen molar-refractivity contribution < 1.29 is 4.39 Å². The molecule has 1 unspecified atom stereocenters. The standard InChI is InChI=1S/C18H21BrFN/c1-3-9-21-18(12-14-5-4-6-16(20)11-14)15-7-8-17(19)13(2)10-15/h4-8,10-11,18,21H,3,9,12H2,1-2H3. The van der Waals surface area contributed by atoms with Gasteiger partial charge in [0.25, 0.3) is 0 Å². The second-order valence-corrected chi connectivity index (χ2v) is 6.20. The summed E-state index contributed by atoms with van der Waals surface area (Å²) >= 11 is 3.54. The van der Waals surface area contributed by atoms with Crippen LogP contribution in [0.15, 0.2) is 46.9 Å². The normalized spacial score (nSPS) is 12.4. The van der Waals surface area contributed by atoms with Crippen molar-refractivity contribution in [2.24, 2.45) is 0 Å². The summed E-state index contributed by atoms with van der Waals surface area (Å²) in [6.07, 6.45) is 1.87. The third kappa shape index (κ3) is 4.65. The Kier molecular flexibility index (Phi) is 5.95. The van der Waals surface area contributed by atoms with E-state index in [9.17, 15) is 4.39 Å². The van der Waals surface area contributed by atoms with Gasteiger partial charge in [0.15, 0.2) is 0 Å². The fourth-order valence-corrected chi connectivity index (χ4v) is 2.66. The van der Waals surface area contributed by atoms with E-state index in [1.165, 1.54) is 17.2 Å². The minimum absolute atomic E-state index is 0.172. The Morgan fingerprint density at radius 1 is 1.19 bits per heavy atom. The average Bonchev–Trinajstić information content (AvgIpc) is 2.46. The number of hydrogen-bond donors (Lipinski definition) is 1. The molecule has 0 amide bonds. The maximum atomic E-state index is 13.4. The molecule has 0 aromatic heterocycles. The van der Waals surface area contributed by atoms with Crippen LogP contribution in [0.2, 0.25) is 0 Å². The summed E-state index contributed by atoms with van der Waals surface area (Å²) in [6, 6.07) is 13.5. The van der Waals surface area contributed by atoms with E-state index < -0.39 is 0 Å². The molecule has 0 saturated carbocycles. The van der Waals surface area contributed by atoms with Gasteiger partial charge in [-0.05, 0) is 61.2 Å². The van der Waals surface area contributed by atoms with Gasteiger partial charge in [-0.3, -0.25) is 0 Å². The summed E-state index contributed by atoms with van der Waals surface area (Å²) in [5, 5.41) is 3.56. The molecule has 0 saturated heterocycles. The second-order valence-electron chi connectivity index (χ2n) is 5.35. The lowest BCUT2D eigenvalue weighted by Gasteiger charge is -2.20. The van der Waals surface area contributed by atoms with Gasteiger partial charge in [-0.25, -0.2) is 4.39 Å². The molecule has 112 valence electrons. The van der Waals surface area contributed by atoms with Crippen molar-refractivity contribution in [1.29, 1.82) is 0 Å². The lowest BCUT2D eigenvalue weighted by atomic mass is 9.97. The molecule has 2 aromatic rings. The molecule has 0 aliphatic carbocycles. The number of halogens is 2. The Labute approximate surface area is 134 Å². The first-order chi connectivity index (χ1) is 10.1. The van der Waals surface area contributed by atoms with Crippen LogP contribution in [-0.2, 0) is 6.42 Å². The second kappa shape index (κ2) is 7.71. The Morgan fingerprint density at radius 3 is 2.67 bits per heavy atom. The fraction of sp³-hybridized carbons (Fsp3) is 0.333. The Balaban J connectivity index is 2.22.